The summed E-state index contributed by atoms with van der Waals surface area (Å²) in [5.74, 6) is 0.674. The van der Waals surface area contributed by atoms with Crippen molar-refractivity contribution in [1.82, 2.24) is 0 Å². The lowest BCUT2D eigenvalue weighted by Crippen LogP contribution is -2.34. The number of thioether (sulfide) groups is 1. The van der Waals surface area contributed by atoms with Crippen LogP contribution in [-0.4, -0.2) is 28.4 Å². The lowest BCUT2D eigenvalue weighted by Gasteiger charge is -2.18. The average Bonchev–Trinajstić information content (AvgIpc) is 3.40. The van der Waals surface area contributed by atoms with E-state index in [1.54, 1.807) is 18.2 Å². The van der Waals surface area contributed by atoms with Gasteiger partial charge < -0.3 is 4.74 Å². The summed E-state index contributed by atoms with van der Waals surface area (Å²) in [6.07, 6.45) is 12.3. The van der Waals surface area contributed by atoms with Crippen LogP contribution in [0.5, 0.6) is 0 Å². The van der Waals surface area contributed by atoms with Crippen LogP contribution in [0.4, 0.5) is 0 Å². The topological polar surface area (TPSA) is 46.7 Å². The zero-order valence-corrected chi connectivity index (χ0v) is 17.7. The molecular weight excluding hydrogens is 380 g/mol. The molecule has 0 N–H and O–H groups in total. The Morgan fingerprint density at radius 1 is 0.963 bits per heavy atom. The molecule has 1 aromatic carbocycles. The summed E-state index contributed by atoms with van der Waals surface area (Å²) in [5, 5.41) is 0.473. The SMILES string of the molecule is CCCCCCCCCCCCSC12OC1C(=O)c1cc(Cl)ccc1C2=O. The number of unbranched alkanes of at least 4 members (excludes halogenated alkanes) is 9. The first-order valence-electron chi connectivity index (χ1n) is 10.3. The van der Waals surface area contributed by atoms with E-state index in [0.29, 0.717) is 16.1 Å². The van der Waals surface area contributed by atoms with E-state index < -0.39 is 11.0 Å². The molecular formula is C22H29ClO3S. The van der Waals surface area contributed by atoms with Crippen molar-refractivity contribution in [3.05, 3.63) is 34.3 Å². The molecule has 1 heterocycles. The summed E-state index contributed by atoms with van der Waals surface area (Å²) in [6.45, 7) is 2.25. The third-order valence-electron chi connectivity index (χ3n) is 5.44. The first-order chi connectivity index (χ1) is 13.1. The fourth-order valence-corrected chi connectivity index (χ4v) is 5.26. The molecule has 3 rings (SSSR count). The molecule has 0 spiro atoms. The van der Waals surface area contributed by atoms with E-state index in [-0.39, 0.29) is 11.6 Å². The molecule has 2 unspecified atom stereocenters. The molecule has 0 aromatic heterocycles. The number of fused-ring (bicyclic) bond motifs is 2. The molecule has 0 bridgehead atoms. The van der Waals surface area contributed by atoms with E-state index in [1.807, 2.05) is 0 Å². The Morgan fingerprint density at radius 2 is 1.59 bits per heavy atom. The standard InChI is InChI=1S/C22H29ClO3S/c1-2-3-4-5-6-7-8-9-10-11-14-27-22-20(25)17-13-12-16(23)15-18(17)19(24)21(22)26-22/h12-13,15,21H,2-11,14H2,1H3. The largest absolute Gasteiger partial charge is 0.337 e. The second-order valence-electron chi connectivity index (χ2n) is 7.58. The average molecular weight is 409 g/mol. The van der Waals surface area contributed by atoms with Crippen molar-refractivity contribution in [3.63, 3.8) is 0 Å². The van der Waals surface area contributed by atoms with Crippen LogP contribution in [0.1, 0.15) is 91.8 Å². The van der Waals surface area contributed by atoms with Gasteiger partial charge in [0.15, 0.2) is 11.9 Å². The first kappa shape index (κ1) is 20.9. The minimum atomic E-state index is -0.961. The molecule has 2 atom stereocenters. The number of rotatable bonds is 12. The normalized spacial score (nSPS) is 23.3. The van der Waals surface area contributed by atoms with Gasteiger partial charge in [-0.1, -0.05) is 76.3 Å². The van der Waals surface area contributed by atoms with Crippen molar-refractivity contribution in [2.75, 3.05) is 5.75 Å². The van der Waals surface area contributed by atoms with Gasteiger partial charge >= 0.3 is 0 Å². The minimum absolute atomic E-state index is 0.0733. The third-order valence-corrected chi connectivity index (χ3v) is 7.09. The number of Topliss-reactive ketones (excluding diaryl/α,β-unsaturated/α-hetero) is 2. The Hall–Kier alpha value is -0.840. The minimum Gasteiger partial charge on any atom is -0.337 e. The highest BCUT2D eigenvalue weighted by Gasteiger charge is 2.69. The van der Waals surface area contributed by atoms with Gasteiger partial charge in [-0.15, -0.1) is 11.8 Å². The van der Waals surface area contributed by atoms with E-state index in [2.05, 4.69) is 6.92 Å². The predicted octanol–water partition coefficient (Wildman–Crippen LogP) is 6.47. The van der Waals surface area contributed by atoms with Gasteiger partial charge in [0.05, 0.1) is 0 Å². The van der Waals surface area contributed by atoms with Crippen LogP contribution in [-0.2, 0) is 4.74 Å². The van der Waals surface area contributed by atoms with Gasteiger partial charge in [0.2, 0.25) is 10.7 Å². The van der Waals surface area contributed by atoms with Crippen molar-refractivity contribution in [2.45, 2.75) is 82.2 Å². The van der Waals surface area contributed by atoms with Crippen LogP contribution in [0.2, 0.25) is 5.02 Å². The summed E-state index contributed by atoms with van der Waals surface area (Å²) in [7, 11) is 0. The van der Waals surface area contributed by atoms with Crippen molar-refractivity contribution in [3.8, 4) is 0 Å². The number of halogens is 1. The number of carbonyl (C=O) groups excluding carboxylic acids is 2. The van der Waals surface area contributed by atoms with Gasteiger partial charge in [0.25, 0.3) is 0 Å². The number of epoxide rings is 1. The fraction of sp³-hybridized carbons (Fsp3) is 0.636. The fourth-order valence-electron chi connectivity index (χ4n) is 3.78. The molecule has 0 saturated carbocycles. The van der Waals surface area contributed by atoms with E-state index in [1.165, 1.54) is 69.5 Å². The van der Waals surface area contributed by atoms with Gasteiger partial charge in [0.1, 0.15) is 0 Å². The number of hydrogen-bond donors (Lipinski definition) is 0. The lowest BCUT2D eigenvalue weighted by atomic mass is 9.89. The summed E-state index contributed by atoms with van der Waals surface area (Å²) >= 11 is 7.47. The molecule has 1 aliphatic carbocycles. The Bertz CT molecular complexity index is 690. The molecule has 1 aliphatic heterocycles. The molecule has 2 aliphatic rings. The smallest absolute Gasteiger partial charge is 0.211 e. The molecule has 1 saturated heterocycles. The molecule has 3 nitrogen and oxygen atoms in total. The van der Waals surface area contributed by atoms with Gasteiger partial charge in [-0.3, -0.25) is 9.59 Å². The predicted molar refractivity (Wildman–Crippen MR) is 112 cm³/mol. The van der Waals surface area contributed by atoms with Crippen LogP contribution in [0.3, 0.4) is 0 Å². The maximum Gasteiger partial charge on any atom is 0.211 e. The molecule has 27 heavy (non-hydrogen) atoms. The Morgan fingerprint density at radius 3 is 2.26 bits per heavy atom. The van der Waals surface area contributed by atoms with E-state index >= 15 is 0 Å². The number of carbonyl (C=O) groups is 2. The van der Waals surface area contributed by atoms with Gasteiger partial charge in [-0.05, 0) is 30.4 Å². The molecule has 1 aromatic rings. The van der Waals surface area contributed by atoms with Crippen molar-refractivity contribution in [1.29, 1.82) is 0 Å². The first-order valence-corrected chi connectivity index (χ1v) is 11.7. The zero-order chi connectivity index (χ0) is 19.3. The third kappa shape index (κ3) is 4.78. The quantitative estimate of drug-likeness (QED) is 0.293. The van der Waals surface area contributed by atoms with E-state index in [9.17, 15) is 9.59 Å². The second kappa shape index (κ2) is 9.58. The second-order valence-corrected chi connectivity index (χ2v) is 9.32. The van der Waals surface area contributed by atoms with Gasteiger partial charge in [-0.2, -0.15) is 0 Å². The molecule has 148 valence electrons. The molecule has 1 fully saturated rings. The van der Waals surface area contributed by atoms with Crippen LogP contribution in [0, 0.1) is 0 Å². The number of ketones is 2. The lowest BCUT2D eigenvalue weighted by molar-refractivity contribution is 0.0911. The highest BCUT2D eigenvalue weighted by Crippen LogP contribution is 2.53. The highest BCUT2D eigenvalue weighted by atomic mass is 35.5. The summed E-state index contributed by atoms with van der Waals surface area (Å²) in [5.41, 5.74) is 0.860. The monoisotopic (exact) mass is 408 g/mol. The summed E-state index contributed by atoms with van der Waals surface area (Å²) < 4.78 is 5.62. The van der Waals surface area contributed by atoms with Crippen LogP contribution < -0.4 is 0 Å². The van der Waals surface area contributed by atoms with Gasteiger partial charge in [0, 0.05) is 16.1 Å². The van der Waals surface area contributed by atoms with Crippen LogP contribution in [0.15, 0.2) is 18.2 Å². The van der Waals surface area contributed by atoms with E-state index in [0.717, 1.165) is 12.2 Å². The Labute approximate surface area is 171 Å². The zero-order valence-electron chi connectivity index (χ0n) is 16.1. The maximum absolute atomic E-state index is 12.8. The van der Waals surface area contributed by atoms with Crippen molar-refractivity contribution >= 4 is 34.9 Å². The van der Waals surface area contributed by atoms with Crippen LogP contribution >= 0.6 is 23.4 Å². The number of ether oxygens (including phenoxy) is 1. The maximum atomic E-state index is 12.8. The van der Waals surface area contributed by atoms with Gasteiger partial charge in [-0.25, -0.2) is 0 Å². The summed E-state index contributed by atoms with van der Waals surface area (Å²) in [6, 6.07) is 4.89. The van der Waals surface area contributed by atoms with Crippen LogP contribution in [0.25, 0.3) is 0 Å². The number of hydrogen-bond acceptors (Lipinski definition) is 4. The highest BCUT2D eigenvalue weighted by molar-refractivity contribution is 8.01. The van der Waals surface area contributed by atoms with Crippen molar-refractivity contribution in [2.24, 2.45) is 0 Å². The molecule has 5 heteroatoms. The summed E-state index contributed by atoms with van der Waals surface area (Å²) in [4.78, 5) is 24.4. The molecule has 0 radical (unpaired) electrons. The Balaban J connectivity index is 1.36. The molecule has 0 amide bonds. The number of benzene rings is 1. The Kier molecular flexibility index (Phi) is 7.41. The van der Waals surface area contributed by atoms with E-state index in [4.69, 9.17) is 16.3 Å². The van der Waals surface area contributed by atoms with Crippen molar-refractivity contribution < 1.29 is 14.3 Å².